The average Bonchev–Trinajstić information content (AvgIpc) is 2.87. The first-order valence-electron chi connectivity index (χ1n) is 6.36. The molecule has 0 saturated carbocycles. The van der Waals surface area contributed by atoms with Gasteiger partial charge in [0.15, 0.2) is 0 Å². The van der Waals surface area contributed by atoms with Gasteiger partial charge in [0, 0.05) is 16.5 Å². The van der Waals surface area contributed by atoms with E-state index in [9.17, 15) is 14.4 Å². The van der Waals surface area contributed by atoms with Crippen LogP contribution in [0.5, 0.6) is 0 Å². The van der Waals surface area contributed by atoms with Crippen molar-refractivity contribution in [3.8, 4) is 0 Å². The monoisotopic (exact) mass is 340 g/mol. The van der Waals surface area contributed by atoms with Crippen LogP contribution in [-0.2, 0) is 14.3 Å². The van der Waals surface area contributed by atoms with Gasteiger partial charge in [0.2, 0.25) is 5.91 Å². The molecule has 1 heterocycles. The zero-order valence-electron chi connectivity index (χ0n) is 11.6. The van der Waals surface area contributed by atoms with Gasteiger partial charge in [-0.2, -0.15) is 0 Å². The van der Waals surface area contributed by atoms with Crippen molar-refractivity contribution in [1.29, 1.82) is 0 Å². The van der Waals surface area contributed by atoms with Crippen molar-refractivity contribution in [1.82, 2.24) is 10.9 Å². The number of halogens is 1. The third-order valence-corrected chi connectivity index (χ3v) is 4.51. The Morgan fingerprint density at radius 2 is 1.91 bits per heavy atom. The molecule has 22 heavy (non-hydrogen) atoms. The lowest BCUT2D eigenvalue weighted by Gasteiger charge is -2.06. The van der Waals surface area contributed by atoms with Gasteiger partial charge in [-0.05, 0) is 6.07 Å². The van der Waals surface area contributed by atoms with Crippen LogP contribution in [0.2, 0.25) is 5.02 Å². The lowest BCUT2D eigenvalue weighted by molar-refractivity contribution is -0.142. The molecule has 1 aromatic heterocycles. The van der Waals surface area contributed by atoms with E-state index >= 15 is 0 Å². The molecule has 0 aliphatic carbocycles. The first-order valence-corrected chi connectivity index (χ1v) is 7.55. The third kappa shape index (κ3) is 3.75. The van der Waals surface area contributed by atoms with Gasteiger partial charge in [0.25, 0.3) is 5.91 Å². The fraction of sp³-hybridized carbons (Fsp3) is 0.214. The van der Waals surface area contributed by atoms with Gasteiger partial charge in [-0.1, -0.05) is 29.8 Å². The minimum Gasteiger partial charge on any atom is -0.469 e. The smallest absolute Gasteiger partial charge is 0.306 e. The van der Waals surface area contributed by atoms with E-state index < -0.39 is 17.8 Å². The van der Waals surface area contributed by atoms with Crippen molar-refractivity contribution in [3.63, 3.8) is 0 Å². The number of carbonyl (C=O) groups is 3. The SMILES string of the molecule is COC(=O)CCC(=O)NNC(=O)c1sc2ccccc2c1Cl. The molecule has 8 heteroatoms. The summed E-state index contributed by atoms with van der Waals surface area (Å²) in [5.41, 5.74) is 4.51. The van der Waals surface area contributed by atoms with E-state index in [2.05, 4.69) is 15.6 Å². The summed E-state index contributed by atoms with van der Waals surface area (Å²) in [6.45, 7) is 0. The Balaban J connectivity index is 1.95. The molecule has 6 nitrogen and oxygen atoms in total. The number of amides is 2. The van der Waals surface area contributed by atoms with Crippen LogP contribution in [0.3, 0.4) is 0 Å². The standard InChI is InChI=1S/C14H13ClN2O4S/c1-21-11(19)7-6-10(18)16-17-14(20)13-12(15)8-4-2-3-5-9(8)22-13/h2-5H,6-7H2,1H3,(H,16,18)(H,17,20). The first kappa shape index (κ1) is 16.3. The summed E-state index contributed by atoms with van der Waals surface area (Å²) in [7, 11) is 1.24. The first-order chi connectivity index (χ1) is 10.5. The summed E-state index contributed by atoms with van der Waals surface area (Å²) < 4.78 is 5.31. The number of hydrogen-bond acceptors (Lipinski definition) is 5. The van der Waals surface area contributed by atoms with Crippen LogP contribution in [0, 0.1) is 0 Å². The molecule has 0 bridgehead atoms. The highest BCUT2D eigenvalue weighted by molar-refractivity contribution is 7.21. The lowest BCUT2D eigenvalue weighted by Crippen LogP contribution is -2.41. The molecule has 0 aliphatic heterocycles. The van der Waals surface area contributed by atoms with Gasteiger partial charge in [0.05, 0.1) is 18.6 Å². The number of rotatable bonds is 4. The highest BCUT2D eigenvalue weighted by Crippen LogP contribution is 2.34. The van der Waals surface area contributed by atoms with E-state index in [1.54, 1.807) is 0 Å². The number of carbonyl (C=O) groups excluding carboxylic acids is 3. The lowest BCUT2D eigenvalue weighted by atomic mass is 10.2. The van der Waals surface area contributed by atoms with Gasteiger partial charge in [-0.15, -0.1) is 11.3 Å². The Bertz CT molecular complexity index is 729. The number of thiophene rings is 1. The zero-order chi connectivity index (χ0) is 16.1. The number of esters is 1. The van der Waals surface area contributed by atoms with Gasteiger partial charge in [-0.25, -0.2) is 0 Å². The maximum atomic E-state index is 12.0. The van der Waals surface area contributed by atoms with Crippen LogP contribution < -0.4 is 10.9 Å². The molecule has 1 aromatic carbocycles. The number of benzene rings is 1. The fourth-order valence-electron chi connectivity index (χ4n) is 1.72. The molecule has 0 radical (unpaired) electrons. The quantitative estimate of drug-likeness (QED) is 0.660. The summed E-state index contributed by atoms with van der Waals surface area (Å²) in [4.78, 5) is 34.8. The summed E-state index contributed by atoms with van der Waals surface area (Å²) in [6, 6.07) is 7.36. The molecule has 0 atom stereocenters. The van der Waals surface area contributed by atoms with Crippen molar-refractivity contribution in [2.24, 2.45) is 0 Å². The van der Waals surface area contributed by atoms with Crippen LogP contribution in [0.15, 0.2) is 24.3 Å². The van der Waals surface area contributed by atoms with Crippen molar-refractivity contribution in [2.45, 2.75) is 12.8 Å². The van der Waals surface area contributed by atoms with Crippen LogP contribution in [0.4, 0.5) is 0 Å². The van der Waals surface area contributed by atoms with Gasteiger partial charge in [0.1, 0.15) is 4.88 Å². The molecule has 2 amide bonds. The molecule has 2 aromatic rings. The molecular weight excluding hydrogens is 328 g/mol. The van der Waals surface area contributed by atoms with Gasteiger partial charge >= 0.3 is 5.97 Å². The van der Waals surface area contributed by atoms with E-state index in [1.165, 1.54) is 18.4 Å². The van der Waals surface area contributed by atoms with E-state index in [4.69, 9.17) is 11.6 Å². The maximum absolute atomic E-state index is 12.0. The highest BCUT2D eigenvalue weighted by Gasteiger charge is 2.17. The summed E-state index contributed by atoms with van der Waals surface area (Å²) in [6.07, 6.45) is -0.130. The Hall–Kier alpha value is -2.12. The van der Waals surface area contributed by atoms with Crippen molar-refractivity contribution in [2.75, 3.05) is 7.11 Å². The molecule has 0 aliphatic rings. The second kappa shape index (κ2) is 7.24. The highest BCUT2D eigenvalue weighted by atomic mass is 35.5. The largest absolute Gasteiger partial charge is 0.469 e. The normalized spacial score (nSPS) is 10.3. The Kier molecular flexibility index (Phi) is 5.35. The summed E-state index contributed by atoms with van der Waals surface area (Å²) >= 11 is 7.40. The van der Waals surface area contributed by atoms with E-state index in [0.29, 0.717) is 9.90 Å². The number of ether oxygens (including phenoxy) is 1. The molecule has 2 rings (SSSR count). The van der Waals surface area contributed by atoms with E-state index in [1.807, 2.05) is 24.3 Å². The molecular formula is C14H13ClN2O4S. The van der Waals surface area contributed by atoms with Crippen LogP contribution in [-0.4, -0.2) is 24.9 Å². The predicted molar refractivity (Wildman–Crippen MR) is 83.7 cm³/mol. The molecule has 116 valence electrons. The topological polar surface area (TPSA) is 84.5 Å². The van der Waals surface area contributed by atoms with Crippen molar-refractivity contribution in [3.05, 3.63) is 34.2 Å². The van der Waals surface area contributed by atoms with E-state index in [0.717, 1.165) is 10.1 Å². The Morgan fingerprint density at radius 3 is 2.59 bits per heavy atom. The summed E-state index contributed by atoms with van der Waals surface area (Å²) in [5.74, 6) is -1.48. The Labute approximate surface area is 135 Å². The predicted octanol–water partition coefficient (Wildman–Crippen LogP) is 2.27. The minimum absolute atomic E-state index is 0.0537. The van der Waals surface area contributed by atoms with Crippen molar-refractivity contribution >= 4 is 50.8 Å². The minimum atomic E-state index is -0.502. The van der Waals surface area contributed by atoms with Gasteiger partial charge in [-0.3, -0.25) is 25.2 Å². The van der Waals surface area contributed by atoms with E-state index in [-0.39, 0.29) is 12.8 Å². The molecule has 0 fully saturated rings. The van der Waals surface area contributed by atoms with Crippen molar-refractivity contribution < 1.29 is 19.1 Å². The second-order valence-electron chi connectivity index (χ2n) is 4.32. The van der Waals surface area contributed by atoms with Crippen LogP contribution in [0.1, 0.15) is 22.5 Å². The Morgan fingerprint density at radius 1 is 1.18 bits per heavy atom. The molecule has 2 N–H and O–H groups in total. The maximum Gasteiger partial charge on any atom is 0.306 e. The average molecular weight is 341 g/mol. The third-order valence-electron chi connectivity index (χ3n) is 2.84. The fourth-order valence-corrected chi connectivity index (χ4v) is 3.14. The van der Waals surface area contributed by atoms with Crippen LogP contribution in [0.25, 0.3) is 10.1 Å². The number of methoxy groups -OCH3 is 1. The van der Waals surface area contributed by atoms with Crippen LogP contribution >= 0.6 is 22.9 Å². The second-order valence-corrected chi connectivity index (χ2v) is 5.75. The molecule has 0 saturated heterocycles. The number of fused-ring (bicyclic) bond motifs is 1. The number of hydrogen-bond donors (Lipinski definition) is 2. The molecule has 0 spiro atoms. The number of nitrogens with one attached hydrogen (secondary N) is 2. The zero-order valence-corrected chi connectivity index (χ0v) is 13.2. The number of hydrazine groups is 1. The molecule has 0 unspecified atom stereocenters. The van der Waals surface area contributed by atoms with Gasteiger partial charge < -0.3 is 4.74 Å². The summed E-state index contributed by atoms with van der Waals surface area (Å²) in [5, 5.41) is 1.14.